The number of aliphatic hydroxyl groups excluding tert-OH is 1. The van der Waals surface area contributed by atoms with Gasteiger partial charge in [-0.2, -0.15) is 0 Å². The van der Waals surface area contributed by atoms with Crippen LogP contribution in [-0.2, 0) is 28.4 Å². The standard InChI is InChI=1S/C36H44N4O6S2/c1-25-14-15-32(47-25)17-19-38-34(42)27-21-28(23-30(22-27)40(3)48(5,44)45)35(43)39-36(2,29-11-7-6-8-12-29)33(41)24-37-18-16-26-10-9-13-31(20-26)46-4/h6-15,20-23,33,37,41H,16-19,24H2,1-5H3,(H,38,42)(H,39,43)/t33-,36+/m1/s1. The second-order valence-electron chi connectivity index (χ2n) is 11.9. The van der Waals surface area contributed by atoms with Crippen molar-refractivity contribution >= 4 is 38.9 Å². The third-order valence-electron chi connectivity index (χ3n) is 8.23. The van der Waals surface area contributed by atoms with Crippen molar-refractivity contribution in [3.8, 4) is 5.75 Å². The Morgan fingerprint density at radius 3 is 2.29 bits per heavy atom. The van der Waals surface area contributed by atoms with E-state index >= 15 is 0 Å². The zero-order valence-corrected chi connectivity index (χ0v) is 29.6. The first kappa shape index (κ1) is 36.6. The fourth-order valence-electron chi connectivity index (χ4n) is 5.21. The van der Waals surface area contributed by atoms with Gasteiger partial charge >= 0.3 is 0 Å². The number of nitrogens with one attached hydrogen (secondary N) is 3. The highest BCUT2D eigenvalue weighted by Gasteiger charge is 2.37. The average molecular weight is 693 g/mol. The van der Waals surface area contributed by atoms with Crippen LogP contribution in [0.3, 0.4) is 0 Å². The van der Waals surface area contributed by atoms with Crippen molar-refractivity contribution in [3.63, 3.8) is 0 Å². The van der Waals surface area contributed by atoms with Crippen LogP contribution in [0.25, 0.3) is 0 Å². The molecular formula is C36H44N4O6S2. The van der Waals surface area contributed by atoms with E-state index in [0.29, 0.717) is 31.5 Å². The minimum atomic E-state index is -3.70. The minimum absolute atomic E-state index is 0.0716. The number of aryl methyl sites for hydroxylation is 1. The second kappa shape index (κ2) is 16.2. The zero-order valence-electron chi connectivity index (χ0n) is 27.9. The lowest BCUT2D eigenvalue weighted by Crippen LogP contribution is -2.55. The first-order chi connectivity index (χ1) is 22.8. The molecule has 48 heavy (non-hydrogen) atoms. The van der Waals surface area contributed by atoms with Crippen LogP contribution in [0.15, 0.2) is 84.9 Å². The maximum atomic E-state index is 14.0. The smallest absolute Gasteiger partial charge is 0.252 e. The Labute approximate surface area is 287 Å². The number of sulfonamides is 1. The van der Waals surface area contributed by atoms with Crippen molar-refractivity contribution in [1.29, 1.82) is 0 Å². The summed E-state index contributed by atoms with van der Waals surface area (Å²) < 4.78 is 31.2. The topological polar surface area (TPSA) is 137 Å². The Bertz CT molecular complexity index is 1810. The van der Waals surface area contributed by atoms with Gasteiger partial charge in [0.2, 0.25) is 10.0 Å². The van der Waals surface area contributed by atoms with E-state index in [1.54, 1.807) is 25.4 Å². The van der Waals surface area contributed by atoms with Gasteiger partial charge in [0.25, 0.3) is 11.8 Å². The van der Waals surface area contributed by atoms with Crippen LogP contribution < -0.4 is 25.0 Å². The lowest BCUT2D eigenvalue weighted by molar-refractivity contribution is 0.0557. The molecule has 2 atom stereocenters. The SMILES string of the molecule is COc1cccc(CCNC[C@@H](O)[C@@](C)(NC(=O)c2cc(C(=O)NCCc3ccc(C)s3)cc(N(C)S(C)(=O)=O)c2)c2ccccc2)c1. The van der Waals surface area contributed by atoms with Crippen molar-refractivity contribution in [1.82, 2.24) is 16.0 Å². The summed E-state index contributed by atoms with van der Waals surface area (Å²) in [5.41, 5.74) is 0.869. The number of anilines is 1. The number of carbonyl (C=O) groups is 2. The quantitative estimate of drug-likeness (QED) is 0.129. The third kappa shape index (κ3) is 9.66. The van der Waals surface area contributed by atoms with Gasteiger partial charge in [-0.3, -0.25) is 13.9 Å². The highest BCUT2D eigenvalue weighted by atomic mass is 32.2. The van der Waals surface area contributed by atoms with Crippen LogP contribution in [0, 0.1) is 6.92 Å². The number of hydrogen-bond acceptors (Lipinski definition) is 8. The summed E-state index contributed by atoms with van der Waals surface area (Å²) in [6.45, 7) is 4.87. The molecular weight excluding hydrogens is 649 g/mol. The van der Waals surface area contributed by atoms with Crippen molar-refractivity contribution < 1.29 is 27.9 Å². The first-order valence-corrected chi connectivity index (χ1v) is 18.3. The molecule has 4 rings (SSSR count). The van der Waals surface area contributed by atoms with Crippen LogP contribution in [0.4, 0.5) is 5.69 Å². The molecule has 4 N–H and O–H groups in total. The number of rotatable bonds is 16. The summed E-state index contributed by atoms with van der Waals surface area (Å²) in [7, 11) is -0.719. The van der Waals surface area contributed by atoms with E-state index in [9.17, 15) is 23.1 Å². The minimum Gasteiger partial charge on any atom is -0.497 e. The van der Waals surface area contributed by atoms with Crippen LogP contribution >= 0.6 is 11.3 Å². The van der Waals surface area contributed by atoms with Gasteiger partial charge in [-0.15, -0.1) is 11.3 Å². The largest absolute Gasteiger partial charge is 0.497 e. The van der Waals surface area contributed by atoms with E-state index in [4.69, 9.17) is 4.74 Å². The molecule has 0 saturated carbocycles. The highest BCUT2D eigenvalue weighted by Crippen LogP contribution is 2.27. The maximum absolute atomic E-state index is 14.0. The second-order valence-corrected chi connectivity index (χ2v) is 15.2. The van der Waals surface area contributed by atoms with Gasteiger partial charge in [0.15, 0.2) is 0 Å². The van der Waals surface area contributed by atoms with E-state index in [2.05, 4.69) is 16.0 Å². The van der Waals surface area contributed by atoms with Crippen LogP contribution in [-0.4, -0.2) is 71.5 Å². The summed E-state index contributed by atoms with van der Waals surface area (Å²) in [4.78, 5) is 29.6. The lowest BCUT2D eigenvalue weighted by atomic mass is 9.85. The summed E-state index contributed by atoms with van der Waals surface area (Å²) in [6, 6.07) is 25.2. The van der Waals surface area contributed by atoms with Crippen LogP contribution in [0.5, 0.6) is 5.75 Å². The number of methoxy groups -OCH3 is 1. The van der Waals surface area contributed by atoms with E-state index in [-0.39, 0.29) is 23.4 Å². The number of hydrogen-bond donors (Lipinski definition) is 4. The first-order valence-electron chi connectivity index (χ1n) is 15.6. The molecule has 0 spiro atoms. The lowest BCUT2D eigenvalue weighted by Gasteiger charge is -2.36. The van der Waals surface area contributed by atoms with Gasteiger partial charge in [0.05, 0.1) is 30.7 Å². The number of amides is 2. The fourth-order valence-corrected chi connectivity index (χ4v) is 6.59. The maximum Gasteiger partial charge on any atom is 0.252 e. The van der Waals surface area contributed by atoms with Gasteiger partial charge in [-0.1, -0.05) is 42.5 Å². The van der Waals surface area contributed by atoms with Crippen molar-refractivity contribution in [2.45, 2.75) is 38.3 Å². The number of nitrogens with zero attached hydrogens (tertiary/aromatic N) is 1. The normalized spacial score (nSPS) is 13.3. The molecule has 0 bridgehead atoms. The van der Waals surface area contributed by atoms with Gasteiger partial charge in [0.1, 0.15) is 5.75 Å². The van der Waals surface area contributed by atoms with Crippen LogP contribution in [0.1, 0.15) is 48.5 Å². The molecule has 0 fully saturated rings. The Morgan fingerprint density at radius 2 is 1.65 bits per heavy atom. The van der Waals surface area contributed by atoms with Gasteiger partial charge in [-0.25, -0.2) is 8.42 Å². The molecule has 1 aromatic heterocycles. The number of thiophene rings is 1. The van der Waals surface area contributed by atoms with Crippen molar-refractivity contribution in [2.24, 2.45) is 0 Å². The van der Waals surface area contributed by atoms with Gasteiger partial charge < -0.3 is 25.8 Å². The molecule has 0 radical (unpaired) electrons. The molecule has 3 aromatic carbocycles. The van der Waals surface area contributed by atoms with E-state index in [1.165, 1.54) is 30.1 Å². The molecule has 2 amide bonds. The van der Waals surface area contributed by atoms with Crippen molar-refractivity contribution in [3.05, 3.63) is 117 Å². The number of ether oxygens (including phenoxy) is 1. The molecule has 1 heterocycles. The van der Waals surface area contributed by atoms with E-state index < -0.39 is 33.5 Å². The summed E-state index contributed by atoms with van der Waals surface area (Å²) >= 11 is 1.66. The summed E-state index contributed by atoms with van der Waals surface area (Å²) in [6.07, 6.45) is 1.34. The number of carbonyl (C=O) groups excluding carboxylic acids is 2. The molecule has 0 unspecified atom stereocenters. The molecule has 0 aliphatic heterocycles. The number of aliphatic hydroxyl groups is 1. The number of benzene rings is 3. The summed E-state index contributed by atoms with van der Waals surface area (Å²) in [5.74, 6) is -0.247. The summed E-state index contributed by atoms with van der Waals surface area (Å²) in [5, 5.41) is 20.7. The molecule has 256 valence electrons. The van der Waals surface area contributed by atoms with Crippen LogP contribution in [0.2, 0.25) is 0 Å². The molecule has 4 aromatic rings. The Hall–Kier alpha value is -4.23. The molecule has 0 saturated heterocycles. The Kier molecular flexibility index (Phi) is 12.4. The van der Waals surface area contributed by atoms with E-state index in [1.807, 2.05) is 73.7 Å². The Balaban J connectivity index is 1.55. The zero-order chi connectivity index (χ0) is 34.9. The van der Waals surface area contributed by atoms with Gasteiger partial charge in [-0.05, 0) is 86.8 Å². The average Bonchev–Trinajstić information content (AvgIpc) is 3.50. The molecule has 12 heteroatoms. The molecule has 10 nitrogen and oxygen atoms in total. The van der Waals surface area contributed by atoms with E-state index in [0.717, 1.165) is 26.8 Å². The Morgan fingerprint density at radius 1 is 0.938 bits per heavy atom. The molecule has 0 aliphatic rings. The molecule has 0 aliphatic carbocycles. The highest BCUT2D eigenvalue weighted by molar-refractivity contribution is 7.92. The van der Waals surface area contributed by atoms with Crippen molar-refractivity contribution in [2.75, 3.05) is 44.4 Å². The predicted octanol–water partition coefficient (Wildman–Crippen LogP) is 4.27. The third-order valence-corrected chi connectivity index (χ3v) is 10.5. The fraction of sp³-hybridized carbons (Fsp3) is 0.333. The van der Waals surface area contributed by atoms with Gasteiger partial charge in [0, 0.05) is 41.0 Å². The monoisotopic (exact) mass is 692 g/mol. The predicted molar refractivity (Wildman–Crippen MR) is 192 cm³/mol.